The van der Waals surface area contributed by atoms with E-state index in [-0.39, 0.29) is 21.2 Å². The molecular formula is C16H13Cl2FO2. The number of halogens is 3. The number of hydrogen-bond acceptors (Lipinski definition) is 2. The Balaban J connectivity index is 2.49. The maximum Gasteiger partial charge on any atom is 0.197 e. The number of carbonyl (C=O) groups excluding carboxylic acids is 1. The fourth-order valence-corrected chi connectivity index (χ4v) is 2.39. The highest BCUT2D eigenvalue weighted by Gasteiger charge is 2.20. The van der Waals surface area contributed by atoms with Gasteiger partial charge in [-0.25, -0.2) is 4.39 Å². The van der Waals surface area contributed by atoms with Crippen LogP contribution < -0.4 is 4.74 Å². The topological polar surface area (TPSA) is 26.3 Å². The summed E-state index contributed by atoms with van der Waals surface area (Å²) < 4.78 is 19.3. The van der Waals surface area contributed by atoms with Crippen molar-refractivity contribution in [2.75, 3.05) is 6.61 Å². The highest BCUT2D eigenvalue weighted by atomic mass is 35.5. The van der Waals surface area contributed by atoms with Crippen LogP contribution in [0.25, 0.3) is 0 Å². The Morgan fingerprint density at radius 2 is 1.90 bits per heavy atom. The fraction of sp³-hybridized carbons (Fsp3) is 0.188. The number of aryl methyl sites for hydroxylation is 1. The summed E-state index contributed by atoms with van der Waals surface area (Å²) in [6, 6.07) is 7.51. The Kier molecular flexibility index (Phi) is 4.86. The third-order valence-electron chi connectivity index (χ3n) is 3.00. The predicted octanol–water partition coefficient (Wildman–Crippen LogP) is 5.07. The Morgan fingerprint density at radius 1 is 1.19 bits per heavy atom. The molecule has 0 saturated heterocycles. The van der Waals surface area contributed by atoms with Gasteiger partial charge in [-0.2, -0.15) is 0 Å². The van der Waals surface area contributed by atoms with Gasteiger partial charge >= 0.3 is 0 Å². The van der Waals surface area contributed by atoms with E-state index in [4.69, 9.17) is 27.9 Å². The monoisotopic (exact) mass is 326 g/mol. The molecule has 0 fully saturated rings. The molecule has 0 N–H and O–H groups in total. The quantitative estimate of drug-likeness (QED) is 0.733. The van der Waals surface area contributed by atoms with Gasteiger partial charge in [0.25, 0.3) is 0 Å². The van der Waals surface area contributed by atoms with Crippen molar-refractivity contribution in [3.63, 3.8) is 0 Å². The van der Waals surface area contributed by atoms with Crippen molar-refractivity contribution >= 4 is 29.0 Å². The summed E-state index contributed by atoms with van der Waals surface area (Å²) in [6.45, 7) is 3.83. The lowest BCUT2D eigenvalue weighted by Gasteiger charge is -2.10. The number of rotatable bonds is 4. The van der Waals surface area contributed by atoms with E-state index >= 15 is 0 Å². The molecule has 0 spiro atoms. The molecule has 0 radical (unpaired) electrons. The lowest BCUT2D eigenvalue weighted by atomic mass is 10.0. The second kappa shape index (κ2) is 6.46. The van der Waals surface area contributed by atoms with Crippen LogP contribution in [-0.2, 0) is 0 Å². The molecule has 0 atom stereocenters. The molecule has 0 heterocycles. The first-order valence-corrected chi connectivity index (χ1v) is 7.13. The van der Waals surface area contributed by atoms with Crippen LogP contribution in [0.4, 0.5) is 4.39 Å². The molecule has 21 heavy (non-hydrogen) atoms. The van der Waals surface area contributed by atoms with Crippen LogP contribution in [-0.4, -0.2) is 12.4 Å². The molecule has 0 aliphatic heterocycles. The first-order chi connectivity index (χ1) is 9.95. The van der Waals surface area contributed by atoms with Crippen LogP contribution in [0.3, 0.4) is 0 Å². The number of ether oxygens (including phenoxy) is 1. The lowest BCUT2D eigenvalue weighted by Crippen LogP contribution is -2.07. The van der Waals surface area contributed by atoms with E-state index in [0.29, 0.717) is 17.9 Å². The Bertz CT molecular complexity index is 699. The maximum atomic E-state index is 14.0. The van der Waals surface area contributed by atoms with Crippen LogP contribution >= 0.6 is 23.2 Å². The standard InChI is InChI=1S/C16H13Cl2FO2/c1-3-21-14-8-12(17)11(7-13(14)18)16(20)10-6-4-5-9(2)15(10)19/h4-8H,3H2,1-2H3. The van der Waals surface area contributed by atoms with E-state index in [0.717, 1.165) is 0 Å². The first kappa shape index (κ1) is 15.8. The van der Waals surface area contributed by atoms with Crippen LogP contribution in [0.2, 0.25) is 10.0 Å². The summed E-state index contributed by atoms with van der Waals surface area (Å²) in [5, 5.41) is 0.436. The van der Waals surface area contributed by atoms with E-state index < -0.39 is 11.6 Å². The number of benzene rings is 2. The van der Waals surface area contributed by atoms with Crippen molar-refractivity contribution in [2.24, 2.45) is 0 Å². The largest absolute Gasteiger partial charge is 0.492 e. The van der Waals surface area contributed by atoms with E-state index in [1.54, 1.807) is 19.1 Å². The van der Waals surface area contributed by atoms with Crippen molar-refractivity contribution < 1.29 is 13.9 Å². The SMILES string of the molecule is CCOc1cc(Cl)c(C(=O)c2cccc(C)c2F)cc1Cl. The normalized spacial score (nSPS) is 10.5. The minimum atomic E-state index is -0.552. The highest BCUT2D eigenvalue weighted by Crippen LogP contribution is 2.32. The van der Waals surface area contributed by atoms with Crippen LogP contribution in [0.15, 0.2) is 30.3 Å². The average molecular weight is 327 g/mol. The average Bonchev–Trinajstić information content (AvgIpc) is 2.45. The molecule has 0 aliphatic rings. The van der Waals surface area contributed by atoms with E-state index in [9.17, 15) is 9.18 Å². The molecule has 0 amide bonds. The van der Waals surface area contributed by atoms with Gasteiger partial charge in [0.05, 0.1) is 22.2 Å². The van der Waals surface area contributed by atoms with Crippen molar-refractivity contribution in [2.45, 2.75) is 13.8 Å². The molecule has 0 unspecified atom stereocenters. The molecule has 0 bridgehead atoms. The molecule has 2 nitrogen and oxygen atoms in total. The first-order valence-electron chi connectivity index (χ1n) is 6.37. The van der Waals surface area contributed by atoms with Gasteiger partial charge < -0.3 is 4.74 Å². The second-order valence-electron chi connectivity index (χ2n) is 4.46. The summed E-state index contributed by atoms with van der Waals surface area (Å²) in [5.74, 6) is -0.667. The van der Waals surface area contributed by atoms with Crippen molar-refractivity contribution in [1.29, 1.82) is 0 Å². The van der Waals surface area contributed by atoms with Crippen molar-refractivity contribution in [1.82, 2.24) is 0 Å². The van der Waals surface area contributed by atoms with Crippen molar-refractivity contribution in [3.05, 3.63) is 62.9 Å². The molecule has 2 aromatic rings. The molecule has 0 aliphatic carbocycles. The Morgan fingerprint density at radius 3 is 2.57 bits per heavy atom. The van der Waals surface area contributed by atoms with Gasteiger partial charge in [-0.3, -0.25) is 4.79 Å². The molecule has 110 valence electrons. The number of hydrogen-bond donors (Lipinski definition) is 0. The van der Waals surface area contributed by atoms with Gasteiger partial charge in [0, 0.05) is 11.6 Å². The van der Waals surface area contributed by atoms with E-state index in [2.05, 4.69) is 0 Å². The summed E-state index contributed by atoms with van der Waals surface area (Å²) in [6.07, 6.45) is 0. The Hall–Kier alpha value is -1.58. The summed E-state index contributed by atoms with van der Waals surface area (Å²) in [7, 11) is 0. The van der Waals surface area contributed by atoms with Gasteiger partial charge in [-0.15, -0.1) is 0 Å². The van der Waals surface area contributed by atoms with Crippen molar-refractivity contribution in [3.8, 4) is 5.75 Å². The zero-order chi connectivity index (χ0) is 15.6. The Labute approximate surface area is 132 Å². The van der Waals surface area contributed by atoms with Gasteiger partial charge in [-0.05, 0) is 31.5 Å². The molecular weight excluding hydrogens is 314 g/mol. The van der Waals surface area contributed by atoms with E-state index in [1.807, 2.05) is 6.92 Å². The molecule has 0 aromatic heterocycles. The lowest BCUT2D eigenvalue weighted by molar-refractivity contribution is 0.103. The maximum absolute atomic E-state index is 14.0. The predicted molar refractivity (Wildman–Crippen MR) is 82.2 cm³/mol. The zero-order valence-electron chi connectivity index (χ0n) is 11.5. The molecule has 2 aromatic carbocycles. The minimum Gasteiger partial charge on any atom is -0.492 e. The third-order valence-corrected chi connectivity index (χ3v) is 3.61. The summed E-state index contributed by atoms with van der Waals surface area (Å²) in [5.41, 5.74) is 0.515. The minimum absolute atomic E-state index is 0.0304. The summed E-state index contributed by atoms with van der Waals surface area (Å²) >= 11 is 12.1. The van der Waals surface area contributed by atoms with Gasteiger partial charge in [0.15, 0.2) is 5.78 Å². The van der Waals surface area contributed by atoms with Gasteiger partial charge in [-0.1, -0.05) is 35.3 Å². The van der Waals surface area contributed by atoms with Gasteiger partial charge in [0.1, 0.15) is 11.6 Å². The molecule has 5 heteroatoms. The fourth-order valence-electron chi connectivity index (χ4n) is 1.94. The summed E-state index contributed by atoms with van der Waals surface area (Å²) in [4.78, 5) is 12.4. The zero-order valence-corrected chi connectivity index (χ0v) is 13.1. The smallest absolute Gasteiger partial charge is 0.197 e. The second-order valence-corrected chi connectivity index (χ2v) is 5.28. The van der Waals surface area contributed by atoms with Crippen LogP contribution in [0.1, 0.15) is 28.4 Å². The molecule has 0 saturated carbocycles. The molecule has 2 rings (SSSR count). The number of carbonyl (C=O) groups is 1. The third kappa shape index (κ3) is 3.20. The van der Waals surface area contributed by atoms with Crippen LogP contribution in [0.5, 0.6) is 5.75 Å². The number of ketones is 1. The van der Waals surface area contributed by atoms with Gasteiger partial charge in [0.2, 0.25) is 0 Å². The van der Waals surface area contributed by atoms with Crippen LogP contribution in [0, 0.1) is 12.7 Å². The van der Waals surface area contributed by atoms with E-state index in [1.165, 1.54) is 18.2 Å². The highest BCUT2D eigenvalue weighted by molar-refractivity contribution is 6.37.